The zero-order chi connectivity index (χ0) is 12.1. The first-order valence-corrected chi connectivity index (χ1v) is 5.99. The van der Waals surface area contributed by atoms with E-state index in [0.717, 1.165) is 23.1 Å². The summed E-state index contributed by atoms with van der Waals surface area (Å²) in [5.74, 6) is 0.907. The molecule has 3 nitrogen and oxygen atoms in total. The fraction of sp³-hybridized carbons (Fsp3) is 0.357. The number of aromatic nitrogens is 1. The number of nitrogens with zero attached hydrogens (tertiary/aromatic N) is 1. The van der Waals surface area contributed by atoms with Crippen LogP contribution in [0.15, 0.2) is 36.5 Å². The topological polar surface area (TPSA) is 34.1 Å². The summed E-state index contributed by atoms with van der Waals surface area (Å²) < 4.78 is 5.86. The van der Waals surface area contributed by atoms with Gasteiger partial charge in [0.15, 0.2) is 0 Å². The minimum Gasteiger partial charge on any atom is -0.491 e. The van der Waals surface area contributed by atoms with Gasteiger partial charge in [-0.3, -0.25) is 4.98 Å². The third-order valence-electron chi connectivity index (χ3n) is 2.95. The Labute approximate surface area is 102 Å². The van der Waals surface area contributed by atoms with E-state index in [1.54, 1.807) is 6.20 Å². The Morgan fingerprint density at radius 1 is 1.29 bits per heavy atom. The first-order valence-electron chi connectivity index (χ1n) is 5.99. The molecule has 2 rings (SSSR count). The molecule has 1 N–H and O–H groups in total. The van der Waals surface area contributed by atoms with Gasteiger partial charge in [-0.2, -0.15) is 0 Å². The van der Waals surface area contributed by atoms with Gasteiger partial charge >= 0.3 is 0 Å². The molecule has 0 aliphatic rings. The van der Waals surface area contributed by atoms with Crippen molar-refractivity contribution in [2.45, 2.75) is 19.4 Å². The molecule has 0 aliphatic carbocycles. The molecule has 17 heavy (non-hydrogen) atoms. The van der Waals surface area contributed by atoms with E-state index in [1.165, 1.54) is 0 Å². The normalized spacial score (nSPS) is 12.6. The highest BCUT2D eigenvalue weighted by atomic mass is 16.5. The average Bonchev–Trinajstić information content (AvgIpc) is 2.40. The van der Waals surface area contributed by atoms with Crippen LogP contribution >= 0.6 is 0 Å². The molecule has 0 amide bonds. The Balaban J connectivity index is 2.18. The molecule has 0 saturated heterocycles. The van der Waals surface area contributed by atoms with Crippen LogP contribution in [0.25, 0.3) is 10.9 Å². The van der Waals surface area contributed by atoms with Crippen molar-refractivity contribution in [3.05, 3.63) is 36.5 Å². The molecule has 1 unspecified atom stereocenters. The Kier molecular flexibility index (Phi) is 3.94. The first kappa shape index (κ1) is 11.9. The summed E-state index contributed by atoms with van der Waals surface area (Å²) in [4.78, 5) is 4.31. The van der Waals surface area contributed by atoms with Crippen molar-refractivity contribution in [3.63, 3.8) is 0 Å². The van der Waals surface area contributed by atoms with Gasteiger partial charge in [0.25, 0.3) is 0 Å². The highest BCUT2D eigenvalue weighted by molar-refractivity contribution is 5.84. The van der Waals surface area contributed by atoms with Crippen LogP contribution in [-0.4, -0.2) is 24.7 Å². The van der Waals surface area contributed by atoms with Crippen LogP contribution in [0.5, 0.6) is 5.75 Å². The van der Waals surface area contributed by atoms with E-state index in [2.05, 4.69) is 17.2 Å². The number of ether oxygens (including phenoxy) is 1. The van der Waals surface area contributed by atoms with E-state index >= 15 is 0 Å². The molecule has 0 radical (unpaired) electrons. The maximum atomic E-state index is 5.86. The van der Waals surface area contributed by atoms with Gasteiger partial charge in [0.05, 0.1) is 5.52 Å². The number of nitrogens with one attached hydrogen (secondary N) is 1. The first-order chi connectivity index (χ1) is 8.35. The molecule has 0 aliphatic heterocycles. The Hall–Kier alpha value is -1.61. The van der Waals surface area contributed by atoms with Crippen LogP contribution in [0.1, 0.15) is 13.3 Å². The Bertz CT molecular complexity index is 475. The van der Waals surface area contributed by atoms with Crippen molar-refractivity contribution in [1.82, 2.24) is 10.3 Å². The Morgan fingerprint density at radius 2 is 2.18 bits per heavy atom. The summed E-state index contributed by atoms with van der Waals surface area (Å²) >= 11 is 0. The van der Waals surface area contributed by atoms with Crippen LogP contribution in [-0.2, 0) is 0 Å². The maximum Gasteiger partial charge on any atom is 0.128 e. The largest absolute Gasteiger partial charge is 0.491 e. The van der Waals surface area contributed by atoms with Crippen LogP contribution in [0.3, 0.4) is 0 Å². The third-order valence-corrected chi connectivity index (χ3v) is 2.95. The summed E-state index contributed by atoms with van der Waals surface area (Å²) in [6, 6.07) is 10.3. The molecule has 0 spiro atoms. The molecule has 2 aromatic rings. The Morgan fingerprint density at radius 3 is 2.94 bits per heavy atom. The zero-order valence-electron chi connectivity index (χ0n) is 10.3. The number of hydrogen-bond acceptors (Lipinski definition) is 3. The van der Waals surface area contributed by atoms with Crippen molar-refractivity contribution in [2.24, 2.45) is 0 Å². The summed E-state index contributed by atoms with van der Waals surface area (Å²) in [5, 5.41) is 4.30. The molecular formula is C14H18N2O. The third kappa shape index (κ3) is 2.74. The maximum absolute atomic E-state index is 5.86. The number of rotatable bonds is 5. The van der Waals surface area contributed by atoms with Crippen molar-refractivity contribution in [2.75, 3.05) is 13.7 Å². The van der Waals surface area contributed by atoms with E-state index in [-0.39, 0.29) is 0 Å². The number of likely N-dealkylation sites (N-methyl/N-ethyl adjacent to an activating group) is 1. The predicted molar refractivity (Wildman–Crippen MR) is 70.4 cm³/mol. The molecule has 0 bridgehead atoms. The second-order valence-electron chi connectivity index (χ2n) is 4.03. The van der Waals surface area contributed by atoms with E-state index in [9.17, 15) is 0 Å². The lowest BCUT2D eigenvalue weighted by atomic mass is 10.2. The van der Waals surface area contributed by atoms with Gasteiger partial charge in [-0.15, -0.1) is 0 Å². The van der Waals surface area contributed by atoms with Crippen molar-refractivity contribution in [3.8, 4) is 5.75 Å². The smallest absolute Gasteiger partial charge is 0.128 e. The second kappa shape index (κ2) is 5.64. The molecule has 1 atom stereocenters. The van der Waals surface area contributed by atoms with Gasteiger partial charge in [-0.1, -0.05) is 13.0 Å². The van der Waals surface area contributed by atoms with Crippen molar-refractivity contribution >= 4 is 10.9 Å². The standard InChI is InChI=1S/C14H18N2O/c1-3-11(15-2)10-17-14-8-4-7-13-12(14)6-5-9-16-13/h4-9,11,15H,3,10H2,1-2H3. The van der Waals surface area contributed by atoms with Gasteiger partial charge in [-0.05, 0) is 37.7 Å². The van der Waals surface area contributed by atoms with E-state index in [4.69, 9.17) is 4.74 Å². The minimum atomic E-state index is 0.391. The lowest BCUT2D eigenvalue weighted by molar-refractivity contribution is 0.270. The summed E-state index contributed by atoms with van der Waals surface area (Å²) in [6.45, 7) is 2.83. The van der Waals surface area contributed by atoms with E-state index < -0.39 is 0 Å². The van der Waals surface area contributed by atoms with Crippen molar-refractivity contribution < 1.29 is 4.74 Å². The number of benzene rings is 1. The van der Waals surface area contributed by atoms with Gasteiger partial charge in [-0.25, -0.2) is 0 Å². The summed E-state index contributed by atoms with van der Waals surface area (Å²) in [6.07, 6.45) is 2.86. The predicted octanol–water partition coefficient (Wildman–Crippen LogP) is 2.61. The lowest BCUT2D eigenvalue weighted by Crippen LogP contribution is -2.30. The van der Waals surface area contributed by atoms with Crippen LogP contribution in [0.2, 0.25) is 0 Å². The molecule has 90 valence electrons. The van der Waals surface area contributed by atoms with Gasteiger partial charge < -0.3 is 10.1 Å². The molecule has 1 aromatic heterocycles. The fourth-order valence-electron chi connectivity index (χ4n) is 1.80. The van der Waals surface area contributed by atoms with Crippen molar-refractivity contribution in [1.29, 1.82) is 0 Å². The van der Waals surface area contributed by atoms with E-state index in [1.807, 2.05) is 37.4 Å². The van der Waals surface area contributed by atoms with Crippen LogP contribution in [0.4, 0.5) is 0 Å². The van der Waals surface area contributed by atoms with Gasteiger partial charge in [0.2, 0.25) is 0 Å². The molecule has 1 aromatic carbocycles. The average molecular weight is 230 g/mol. The molecule has 3 heteroatoms. The molecule has 0 fully saturated rings. The molecular weight excluding hydrogens is 212 g/mol. The van der Waals surface area contributed by atoms with Gasteiger partial charge in [0, 0.05) is 17.6 Å². The number of fused-ring (bicyclic) bond motifs is 1. The molecule has 0 saturated carbocycles. The lowest BCUT2D eigenvalue weighted by Gasteiger charge is -2.15. The molecule has 1 heterocycles. The zero-order valence-corrected chi connectivity index (χ0v) is 10.3. The minimum absolute atomic E-state index is 0.391. The van der Waals surface area contributed by atoms with Crippen LogP contribution < -0.4 is 10.1 Å². The van der Waals surface area contributed by atoms with E-state index in [0.29, 0.717) is 12.6 Å². The van der Waals surface area contributed by atoms with Gasteiger partial charge in [0.1, 0.15) is 12.4 Å². The summed E-state index contributed by atoms with van der Waals surface area (Å²) in [5.41, 5.74) is 0.975. The number of hydrogen-bond donors (Lipinski definition) is 1. The highest BCUT2D eigenvalue weighted by Crippen LogP contribution is 2.23. The highest BCUT2D eigenvalue weighted by Gasteiger charge is 2.06. The second-order valence-corrected chi connectivity index (χ2v) is 4.03. The quantitative estimate of drug-likeness (QED) is 0.857. The SMILES string of the molecule is CCC(COc1cccc2ncccc12)NC. The fourth-order valence-corrected chi connectivity index (χ4v) is 1.80. The monoisotopic (exact) mass is 230 g/mol. The number of pyridine rings is 1. The summed E-state index contributed by atoms with van der Waals surface area (Å²) in [7, 11) is 1.96. The van der Waals surface area contributed by atoms with Crippen LogP contribution in [0, 0.1) is 0 Å².